The highest BCUT2D eigenvalue weighted by Gasteiger charge is 2.31. The van der Waals surface area contributed by atoms with Crippen molar-refractivity contribution in [1.29, 1.82) is 0 Å². The van der Waals surface area contributed by atoms with Crippen molar-refractivity contribution >= 4 is 27.6 Å². The van der Waals surface area contributed by atoms with Gasteiger partial charge in [0.25, 0.3) is 15.9 Å². The van der Waals surface area contributed by atoms with Gasteiger partial charge < -0.3 is 15.4 Å². The third-order valence-corrected chi connectivity index (χ3v) is 7.63. The summed E-state index contributed by atoms with van der Waals surface area (Å²) in [7, 11) is -4.24. The highest BCUT2D eigenvalue weighted by Crippen LogP contribution is 2.32. The third kappa shape index (κ3) is 5.99. The number of aromatic nitrogens is 3. The second kappa shape index (κ2) is 10.7. The molecule has 0 aliphatic carbocycles. The van der Waals surface area contributed by atoms with E-state index in [-0.39, 0.29) is 28.6 Å². The zero-order chi connectivity index (χ0) is 26.7. The first-order chi connectivity index (χ1) is 17.5. The standard InChI is InChI=1S/C26H32N6O4S/c1-16(2)36-23-13-10-19(15-28-23)21-12-11-20(25(29-21)32-14-6-7-17(3)18(32)4)26(33)31-37(34,35)24-9-5-8-22(27)30-24/h5,8-13,15-18H,6-7,14H2,1-4H3,(H2,27,30)(H,31,33). The molecule has 1 fully saturated rings. The van der Waals surface area contributed by atoms with Gasteiger partial charge >= 0.3 is 0 Å². The number of anilines is 2. The lowest BCUT2D eigenvalue weighted by atomic mass is 9.91. The summed E-state index contributed by atoms with van der Waals surface area (Å²) in [5.74, 6) is 0.560. The summed E-state index contributed by atoms with van der Waals surface area (Å²) in [6, 6.07) is 11.2. The molecule has 1 saturated heterocycles. The lowest BCUT2D eigenvalue weighted by Crippen LogP contribution is -2.44. The van der Waals surface area contributed by atoms with E-state index in [4.69, 9.17) is 15.5 Å². The van der Waals surface area contributed by atoms with E-state index in [0.29, 0.717) is 29.9 Å². The number of nitrogens with one attached hydrogen (secondary N) is 1. The average Bonchev–Trinajstić information content (AvgIpc) is 2.85. The van der Waals surface area contributed by atoms with E-state index in [2.05, 4.69) is 33.4 Å². The maximum Gasteiger partial charge on any atom is 0.281 e. The molecule has 10 nitrogen and oxygen atoms in total. The Morgan fingerprint density at radius 3 is 2.59 bits per heavy atom. The van der Waals surface area contributed by atoms with Gasteiger partial charge in [-0.25, -0.2) is 19.7 Å². The SMILES string of the molecule is CC(C)Oc1ccc(-c2ccc(C(=O)NS(=O)(=O)c3cccc(N)n3)c(N3CCCC(C)C3C)n2)cn1. The molecule has 196 valence electrons. The molecule has 1 aliphatic rings. The van der Waals surface area contributed by atoms with Crippen molar-refractivity contribution < 1.29 is 17.9 Å². The summed E-state index contributed by atoms with van der Waals surface area (Å²) in [6.45, 7) is 8.81. The molecule has 4 rings (SSSR count). The maximum atomic E-state index is 13.3. The van der Waals surface area contributed by atoms with E-state index >= 15 is 0 Å². The molecule has 1 aliphatic heterocycles. The predicted octanol–water partition coefficient (Wildman–Crippen LogP) is 3.65. The second-order valence-corrected chi connectivity index (χ2v) is 11.1. The number of carbonyl (C=O) groups excluding carboxylic acids is 1. The molecule has 0 aromatic carbocycles. The van der Waals surface area contributed by atoms with Gasteiger partial charge in [-0.2, -0.15) is 8.42 Å². The number of carbonyl (C=O) groups is 1. The minimum Gasteiger partial charge on any atom is -0.475 e. The lowest BCUT2D eigenvalue weighted by molar-refractivity contribution is 0.0981. The summed E-state index contributed by atoms with van der Waals surface area (Å²) in [4.78, 5) is 28.4. The molecule has 3 aromatic heterocycles. The molecule has 3 aromatic rings. The van der Waals surface area contributed by atoms with E-state index in [1.54, 1.807) is 24.4 Å². The number of amides is 1. The van der Waals surface area contributed by atoms with Crippen LogP contribution < -0.4 is 20.1 Å². The smallest absolute Gasteiger partial charge is 0.281 e. The fourth-order valence-electron chi connectivity index (χ4n) is 4.29. The normalized spacial score (nSPS) is 18.0. The van der Waals surface area contributed by atoms with Crippen molar-refractivity contribution in [3.8, 4) is 17.1 Å². The molecule has 3 N–H and O–H groups in total. The van der Waals surface area contributed by atoms with Gasteiger partial charge in [0.1, 0.15) is 11.6 Å². The summed E-state index contributed by atoms with van der Waals surface area (Å²) in [5.41, 5.74) is 7.15. The Bertz CT molecular complexity index is 1380. The number of nitrogens with zero attached hydrogens (tertiary/aromatic N) is 4. The van der Waals surface area contributed by atoms with Crippen molar-refractivity contribution in [3.63, 3.8) is 0 Å². The Morgan fingerprint density at radius 2 is 1.92 bits per heavy atom. The fourth-order valence-corrected chi connectivity index (χ4v) is 5.23. The van der Waals surface area contributed by atoms with Crippen LogP contribution in [0, 0.1) is 5.92 Å². The molecule has 0 saturated carbocycles. The zero-order valence-electron chi connectivity index (χ0n) is 21.4. The molecule has 4 heterocycles. The average molecular weight is 525 g/mol. The fraction of sp³-hybridized carbons (Fsp3) is 0.385. The molecule has 2 atom stereocenters. The quantitative estimate of drug-likeness (QED) is 0.474. The van der Waals surface area contributed by atoms with Crippen LogP contribution in [0.4, 0.5) is 11.6 Å². The third-order valence-electron chi connectivity index (χ3n) is 6.40. The van der Waals surface area contributed by atoms with E-state index in [0.717, 1.165) is 18.4 Å². The molecule has 37 heavy (non-hydrogen) atoms. The summed E-state index contributed by atoms with van der Waals surface area (Å²) in [6.07, 6.45) is 3.67. The predicted molar refractivity (Wildman–Crippen MR) is 142 cm³/mol. The van der Waals surface area contributed by atoms with Crippen LogP contribution in [0.5, 0.6) is 5.88 Å². The zero-order valence-corrected chi connectivity index (χ0v) is 22.2. The molecular formula is C26H32N6O4S. The molecule has 1 amide bonds. The summed E-state index contributed by atoms with van der Waals surface area (Å²) in [5, 5.41) is -0.332. The van der Waals surface area contributed by atoms with Gasteiger partial charge in [0.05, 0.1) is 17.4 Å². The number of piperidine rings is 1. The van der Waals surface area contributed by atoms with Crippen LogP contribution >= 0.6 is 0 Å². The molecule has 11 heteroatoms. The lowest BCUT2D eigenvalue weighted by Gasteiger charge is -2.39. The largest absolute Gasteiger partial charge is 0.475 e. The first-order valence-electron chi connectivity index (χ1n) is 12.3. The number of pyridine rings is 3. The van der Waals surface area contributed by atoms with Gasteiger partial charge in [-0.05, 0) is 69.9 Å². The van der Waals surface area contributed by atoms with Crippen molar-refractivity contribution in [3.05, 3.63) is 54.2 Å². The van der Waals surface area contributed by atoms with Crippen molar-refractivity contribution in [2.45, 2.75) is 57.7 Å². The topological polar surface area (TPSA) is 140 Å². The van der Waals surface area contributed by atoms with Gasteiger partial charge in [-0.1, -0.05) is 13.0 Å². The highest BCUT2D eigenvalue weighted by molar-refractivity contribution is 7.90. The van der Waals surface area contributed by atoms with Crippen molar-refractivity contribution in [2.75, 3.05) is 17.2 Å². The summed E-state index contributed by atoms with van der Waals surface area (Å²) < 4.78 is 33.5. The van der Waals surface area contributed by atoms with Gasteiger partial charge in [0, 0.05) is 30.4 Å². The van der Waals surface area contributed by atoms with Crippen molar-refractivity contribution in [2.24, 2.45) is 5.92 Å². The molecule has 2 unspecified atom stereocenters. The maximum absolute atomic E-state index is 13.3. The van der Waals surface area contributed by atoms with Crippen LogP contribution in [0.1, 0.15) is 50.9 Å². The Balaban J connectivity index is 1.71. The number of nitrogens with two attached hydrogens (primary N) is 1. The second-order valence-electron chi connectivity index (χ2n) is 9.51. The Labute approximate surface area is 217 Å². The molecule has 0 radical (unpaired) electrons. The van der Waals surface area contributed by atoms with Crippen LogP contribution in [0.25, 0.3) is 11.3 Å². The number of hydrogen-bond donors (Lipinski definition) is 2. The molecule has 0 spiro atoms. The monoisotopic (exact) mass is 524 g/mol. The highest BCUT2D eigenvalue weighted by atomic mass is 32.2. The molecule has 0 bridgehead atoms. The van der Waals surface area contributed by atoms with Gasteiger partial charge in [-0.3, -0.25) is 4.79 Å². The Kier molecular flexibility index (Phi) is 7.63. The van der Waals surface area contributed by atoms with Crippen molar-refractivity contribution in [1.82, 2.24) is 19.7 Å². The van der Waals surface area contributed by atoms with Gasteiger partial charge in [0.15, 0.2) is 5.03 Å². The van der Waals surface area contributed by atoms with Crippen LogP contribution in [0.3, 0.4) is 0 Å². The van der Waals surface area contributed by atoms with E-state index < -0.39 is 15.9 Å². The first kappa shape index (κ1) is 26.3. The minimum absolute atomic E-state index is 0.00209. The first-order valence-corrected chi connectivity index (χ1v) is 13.7. The Morgan fingerprint density at radius 1 is 1.14 bits per heavy atom. The van der Waals surface area contributed by atoms with E-state index in [1.807, 2.05) is 19.9 Å². The van der Waals surface area contributed by atoms with Gasteiger partial charge in [-0.15, -0.1) is 0 Å². The van der Waals surface area contributed by atoms with E-state index in [9.17, 15) is 13.2 Å². The van der Waals surface area contributed by atoms with Crippen LogP contribution in [0.2, 0.25) is 0 Å². The number of ether oxygens (including phenoxy) is 1. The number of sulfonamides is 1. The number of nitrogen functional groups attached to an aromatic ring is 1. The Hall–Kier alpha value is -3.73. The minimum atomic E-state index is -4.24. The number of hydrogen-bond acceptors (Lipinski definition) is 9. The number of rotatable bonds is 7. The van der Waals surface area contributed by atoms with Crippen LogP contribution in [0.15, 0.2) is 53.7 Å². The van der Waals surface area contributed by atoms with Crippen LogP contribution in [-0.4, -0.2) is 48.0 Å². The van der Waals surface area contributed by atoms with Gasteiger partial charge in [0.2, 0.25) is 5.88 Å². The molecular weight excluding hydrogens is 492 g/mol. The van der Waals surface area contributed by atoms with E-state index in [1.165, 1.54) is 18.2 Å². The summed E-state index contributed by atoms with van der Waals surface area (Å²) >= 11 is 0. The van der Waals surface area contributed by atoms with Crippen LogP contribution in [-0.2, 0) is 10.0 Å².